The number of ether oxygens (including phenoxy) is 2. The molecular formula is C36H41N3O6S. The van der Waals surface area contributed by atoms with Gasteiger partial charge < -0.3 is 19.7 Å². The molecule has 9 nitrogen and oxygen atoms in total. The van der Waals surface area contributed by atoms with Crippen LogP contribution in [0.5, 0.6) is 11.5 Å². The average molecular weight is 644 g/mol. The molecular weight excluding hydrogens is 602 g/mol. The van der Waals surface area contributed by atoms with E-state index in [-0.39, 0.29) is 35.6 Å². The Morgan fingerprint density at radius 3 is 2.02 bits per heavy atom. The van der Waals surface area contributed by atoms with Gasteiger partial charge in [-0.25, -0.2) is 8.42 Å². The Morgan fingerprint density at radius 1 is 0.804 bits per heavy atom. The molecule has 2 amide bonds. The first-order valence-electron chi connectivity index (χ1n) is 15.0. The van der Waals surface area contributed by atoms with Gasteiger partial charge in [-0.1, -0.05) is 72.8 Å². The molecule has 1 N–H and O–H groups in total. The first-order chi connectivity index (χ1) is 22.0. The fraction of sp³-hybridized carbons (Fsp3) is 0.278. The molecule has 0 radical (unpaired) electrons. The number of anilines is 1. The van der Waals surface area contributed by atoms with Crippen molar-refractivity contribution in [1.82, 2.24) is 10.2 Å². The monoisotopic (exact) mass is 643 g/mol. The molecule has 242 valence electrons. The van der Waals surface area contributed by atoms with Crippen molar-refractivity contribution in [1.29, 1.82) is 0 Å². The molecule has 0 saturated heterocycles. The van der Waals surface area contributed by atoms with Crippen molar-refractivity contribution in [3.05, 3.63) is 120 Å². The van der Waals surface area contributed by atoms with Crippen LogP contribution in [-0.2, 0) is 32.6 Å². The highest BCUT2D eigenvalue weighted by Crippen LogP contribution is 2.32. The van der Waals surface area contributed by atoms with Gasteiger partial charge in [-0.05, 0) is 61.7 Å². The Morgan fingerprint density at radius 2 is 1.41 bits per heavy atom. The Hall–Kier alpha value is -4.83. The first-order valence-corrected chi connectivity index (χ1v) is 16.5. The number of sulfonamides is 1. The molecule has 0 aliphatic carbocycles. The van der Waals surface area contributed by atoms with E-state index in [4.69, 9.17) is 9.47 Å². The summed E-state index contributed by atoms with van der Waals surface area (Å²) in [4.78, 5) is 29.8. The highest BCUT2D eigenvalue weighted by Gasteiger charge is 2.35. The summed E-state index contributed by atoms with van der Waals surface area (Å²) in [6.07, 6.45) is 0.241. The molecule has 10 heteroatoms. The smallest absolute Gasteiger partial charge is 0.264 e. The van der Waals surface area contributed by atoms with E-state index >= 15 is 0 Å². The van der Waals surface area contributed by atoms with Crippen molar-refractivity contribution in [3.63, 3.8) is 0 Å². The number of carbonyl (C=O) groups is 2. The zero-order valence-corrected chi connectivity index (χ0v) is 27.7. The largest absolute Gasteiger partial charge is 0.493 e. The van der Waals surface area contributed by atoms with Crippen LogP contribution in [0.15, 0.2) is 108 Å². The second-order valence-electron chi connectivity index (χ2n) is 11.2. The zero-order chi connectivity index (χ0) is 33.3. The minimum Gasteiger partial charge on any atom is -0.493 e. The summed E-state index contributed by atoms with van der Waals surface area (Å²) < 4.78 is 40.3. The van der Waals surface area contributed by atoms with Crippen LogP contribution in [0.1, 0.15) is 30.5 Å². The molecule has 4 aromatic carbocycles. The van der Waals surface area contributed by atoms with E-state index in [0.29, 0.717) is 11.4 Å². The molecule has 0 aliphatic rings. The van der Waals surface area contributed by atoms with Gasteiger partial charge in [0.05, 0.1) is 24.8 Å². The van der Waals surface area contributed by atoms with E-state index in [2.05, 4.69) is 5.32 Å². The minimum atomic E-state index is -4.30. The summed E-state index contributed by atoms with van der Waals surface area (Å²) in [7, 11) is -1.41. The second kappa shape index (κ2) is 15.4. The number of para-hydroxylation sites is 1. The van der Waals surface area contributed by atoms with Crippen LogP contribution in [0.2, 0.25) is 0 Å². The van der Waals surface area contributed by atoms with Crippen molar-refractivity contribution in [3.8, 4) is 11.5 Å². The lowest BCUT2D eigenvalue weighted by Gasteiger charge is -2.34. The molecule has 0 aromatic heterocycles. The number of amides is 2. The quantitative estimate of drug-likeness (QED) is 0.198. The maximum Gasteiger partial charge on any atom is 0.264 e. The third kappa shape index (κ3) is 8.25. The van der Waals surface area contributed by atoms with Crippen LogP contribution in [0.3, 0.4) is 0 Å². The highest BCUT2D eigenvalue weighted by molar-refractivity contribution is 7.92. The lowest BCUT2D eigenvalue weighted by Crippen LogP contribution is -2.54. The van der Waals surface area contributed by atoms with Gasteiger partial charge in [-0.15, -0.1) is 0 Å². The summed E-state index contributed by atoms with van der Waals surface area (Å²) in [5.41, 5.74) is 2.96. The number of nitrogens with zero attached hydrogens (tertiary/aromatic N) is 2. The lowest BCUT2D eigenvalue weighted by molar-refractivity contribution is -0.140. The van der Waals surface area contributed by atoms with Gasteiger partial charge in [-0.3, -0.25) is 13.9 Å². The summed E-state index contributed by atoms with van der Waals surface area (Å²) in [5.74, 6) is -0.253. The van der Waals surface area contributed by atoms with Crippen molar-refractivity contribution < 1.29 is 27.5 Å². The van der Waals surface area contributed by atoms with Gasteiger partial charge in [0.1, 0.15) is 12.6 Å². The molecule has 0 bridgehead atoms. The number of carbonyl (C=O) groups excluding carboxylic acids is 2. The summed E-state index contributed by atoms with van der Waals surface area (Å²) in [6, 6.07) is 28.7. The number of hydrogen-bond donors (Lipinski definition) is 1. The summed E-state index contributed by atoms with van der Waals surface area (Å²) in [6.45, 7) is 5.21. The molecule has 0 spiro atoms. The van der Waals surface area contributed by atoms with Crippen LogP contribution >= 0.6 is 0 Å². The van der Waals surface area contributed by atoms with E-state index in [9.17, 15) is 18.0 Å². The van der Waals surface area contributed by atoms with Gasteiger partial charge in [0.15, 0.2) is 11.5 Å². The van der Waals surface area contributed by atoms with Crippen LogP contribution in [-0.4, -0.2) is 58.0 Å². The predicted octanol–water partition coefficient (Wildman–Crippen LogP) is 5.37. The Labute approximate surface area is 271 Å². The van der Waals surface area contributed by atoms with Crippen LogP contribution in [0.4, 0.5) is 5.69 Å². The molecule has 4 rings (SSSR count). The van der Waals surface area contributed by atoms with Crippen molar-refractivity contribution in [2.75, 3.05) is 25.1 Å². The molecule has 1 atom stereocenters. The van der Waals surface area contributed by atoms with Gasteiger partial charge in [0.2, 0.25) is 11.8 Å². The summed E-state index contributed by atoms with van der Waals surface area (Å²) >= 11 is 0. The number of nitrogens with one attached hydrogen (secondary N) is 1. The number of rotatable bonds is 14. The number of hydrogen-bond acceptors (Lipinski definition) is 6. The Balaban J connectivity index is 1.82. The third-order valence-electron chi connectivity index (χ3n) is 7.57. The molecule has 4 aromatic rings. The Kier molecular flexibility index (Phi) is 11.4. The standard InChI is InChI=1S/C36H41N3O6S/c1-26(2)37-36(41)32(22-28-15-8-6-9-16-28)38(24-29-17-13-12-14-27(29)3)35(40)25-39(30-18-10-7-11-19-30)46(42,43)31-20-21-33(44-4)34(23-31)45-5/h6-21,23,26,32H,22,24-25H2,1-5H3,(H,37,41)/t32-/m1/s1. The maximum atomic E-state index is 14.6. The zero-order valence-electron chi connectivity index (χ0n) is 26.8. The lowest BCUT2D eigenvalue weighted by atomic mass is 10.0. The van der Waals surface area contributed by atoms with E-state index in [1.54, 1.807) is 30.3 Å². The molecule has 0 aliphatic heterocycles. The average Bonchev–Trinajstić information content (AvgIpc) is 3.06. The number of methoxy groups -OCH3 is 2. The second-order valence-corrected chi connectivity index (χ2v) is 13.0. The van der Waals surface area contributed by atoms with Crippen molar-refractivity contribution in [2.45, 2.75) is 50.7 Å². The number of aryl methyl sites for hydroxylation is 1. The normalized spacial score (nSPS) is 11.9. The number of benzene rings is 4. The molecule has 0 heterocycles. The molecule has 0 unspecified atom stereocenters. The van der Waals surface area contributed by atoms with Crippen LogP contribution in [0.25, 0.3) is 0 Å². The van der Waals surface area contributed by atoms with Gasteiger partial charge >= 0.3 is 0 Å². The molecule has 46 heavy (non-hydrogen) atoms. The van der Waals surface area contributed by atoms with Crippen molar-refractivity contribution >= 4 is 27.5 Å². The van der Waals surface area contributed by atoms with Crippen molar-refractivity contribution in [2.24, 2.45) is 0 Å². The first kappa shape index (κ1) is 34.1. The van der Waals surface area contributed by atoms with Gasteiger partial charge in [0.25, 0.3) is 10.0 Å². The minimum absolute atomic E-state index is 0.0781. The highest BCUT2D eigenvalue weighted by atomic mass is 32.2. The molecule has 0 saturated carbocycles. The topological polar surface area (TPSA) is 105 Å². The fourth-order valence-corrected chi connectivity index (χ4v) is 6.56. The van der Waals surface area contributed by atoms with E-state index < -0.39 is 28.5 Å². The Bertz CT molecular complexity index is 1730. The third-order valence-corrected chi connectivity index (χ3v) is 9.34. The van der Waals surface area contributed by atoms with E-state index in [1.807, 2.05) is 75.4 Å². The van der Waals surface area contributed by atoms with E-state index in [1.165, 1.54) is 37.3 Å². The van der Waals surface area contributed by atoms with Gasteiger partial charge in [-0.2, -0.15) is 0 Å². The molecule has 0 fully saturated rings. The fourth-order valence-electron chi connectivity index (χ4n) is 5.13. The van der Waals surface area contributed by atoms with Gasteiger partial charge in [0, 0.05) is 25.1 Å². The predicted molar refractivity (Wildman–Crippen MR) is 179 cm³/mol. The van der Waals surface area contributed by atoms with Crippen LogP contribution in [0, 0.1) is 6.92 Å². The van der Waals surface area contributed by atoms with Crippen LogP contribution < -0.4 is 19.1 Å². The SMILES string of the molecule is COc1ccc(S(=O)(=O)N(CC(=O)N(Cc2ccccc2C)[C@H](Cc2ccccc2)C(=O)NC(C)C)c2ccccc2)cc1OC. The maximum absolute atomic E-state index is 14.6. The summed E-state index contributed by atoms with van der Waals surface area (Å²) in [5, 5.41) is 2.97. The van der Waals surface area contributed by atoms with E-state index in [0.717, 1.165) is 21.0 Å².